The number of hydrogen-bond donors (Lipinski definition) is 1. The molecule has 0 radical (unpaired) electrons. The van der Waals surface area contributed by atoms with Gasteiger partial charge in [0.2, 0.25) is 0 Å². The molecule has 0 aliphatic carbocycles. The van der Waals surface area contributed by atoms with Gasteiger partial charge in [-0.1, -0.05) is 36.4 Å². The zero-order valence-electron chi connectivity index (χ0n) is 10.9. The van der Waals surface area contributed by atoms with Crippen LogP contribution in [0.4, 0.5) is 0 Å². The Hall–Kier alpha value is -1.45. The van der Waals surface area contributed by atoms with Crippen molar-refractivity contribution in [3.63, 3.8) is 0 Å². The van der Waals surface area contributed by atoms with Crippen LogP contribution in [0.25, 0.3) is 0 Å². The highest BCUT2D eigenvalue weighted by molar-refractivity contribution is 7.98. The molecular formula is C16H17NOS. The summed E-state index contributed by atoms with van der Waals surface area (Å²) < 4.78 is 5.76. The number of benzene rings is 2. The average Bonchev–Trinajstić information content (AvgIpc) is 2.94. The van der Waals surface area contributed by atoms with Crippen molar-refractivity contribution in [2.45, 2.75) is 17.4 Å². The Balaban J connectivity index is 2.05. The quantitative estimate of drug-likeness (QED) is 0.869. The minimum atomic E-state index is -0.128. The van der Waals surface area contributed by atoms with E-state index in [1.165, 1.54) is 16.0 Å². The molecule has 3 heteroatoms. The molecule has 19 heavy (non-hydrogen) atoms. The van der Waals surface area contributed by atoms with Crippen molar-refractivity contribution >= 4 is 11.8 Å². The summed E-state index contributed by atoms with van der Waals surface area (Å²) in [7, 11) is 0. The summed E-state index contributed by atoms with van der Waals surface area (Å²) in [5.41, 5.74) is 10.0. The van der Waals surface area contributed by atoms with E-state index in [2.05, 4.69) is 36.6 Å². The Morgan fingerprint density at radius 2 is 1.89 bits per heavy atom. The van der Waals surface area contributed by atoms with Gasteiger partial charge in [0.25, 0.3) is 0 Å². The van der Waals surface area contributed by atoms with E-state index in [0.29, 0.717) is 0 Å². The topological polar surface area (TPSA) is 35.2 Å². The molecule has 2 nitrogen and oxygen atoms in total. The molecule has 0 amide bonds. The van der Waals surface area contributed by atoms with Crippen molar-refractivity contribution in [2.75, 3.05) is 12.9 Å². The minimum Gasteiger partial charge on any atom is -0.493 e. The second-order valence-corrected chi connectivity index (χ2v) is 5.50. The predicted octanol–water partition coefficient (Wildman–Crippen LogP) is 3.39. The van der Waals surface area contributed by atoms with Crippen LogP contribution in [-0.4, -0.2) is 12.9 Å². The van der Waals surface area contributed by atoms with Crippen LogP contribution >= 0.6 is 11.8 Å². The third-order valence-corrected chi connectivity index (χ3v) is 4.37. The van der Waals surface area contributed by atoms with Gasteiger partial charge < -0.3 is 10.5 Å². The fourth-order valence-electron chi connectivity index (χ4n) is 2.58. The first-order chi connectivity index (χ1) is 9.31. The standard InChI is InChI=1S/C16H17NOS/c1-19-14-8-3-2-6-12(14)15(17)13-7-4-5-11-9-10-18-16(11)13/h2-8,15H,9-10,17H2,1H3. The van der Waals surface area contributed by atoms with E-state index < -0.39 is 0 Å². The zero-order chi connectivity index (χ0) is 13.2. The van der Waals surface area contributed by atoms with Gasteiger partial charge in [-0.05, 0) is 23.4 Å². The average molecular weight is 271 g/mol. The van der Waals surface area contributed by atoms with Crippen LogP contribution in [0.15, 0.2) is 47.4 Å². The summed E-state index contributed by atoms with van der Waals surface area (Å²) >= 11 is 1.73. The van der Waals surface area contributed by atoms with Crippen LogP contribution in [0.5, 0.6) is 5.75 Å². The van der Waals surface area contributed by atoms with E-state index in [0.717, 1.165) is 24.3 Å². The number of thioether (sulfide) groups is 1. The molecule has 0 saturated heterocycles. The van der Waals surface area contributed by atoms with Crippen molar-refractivity contribution in [3.05, 3.63) is 59.2 Å². The maximum atomic E-state index is 6.47. The van der Waals surface area contributed by atoms with Gasteiger partial charge in [0.05, 0.1) is 12.6 Å². The van der Waals surface area contributed by atoms with Gasteiger partial charge in [-0.3, -0.25) is 0 Å². The lowest BCUT2D eigenvalue weighted by molar-refractivity contribution is 0.352. The van der Waals surface area contributed by atoms with E-state index in [4.69, 9.17) is 10.5 Å². The van der Waals surface area contributed by atoms with Gasteiger partial charge in [0, 0.05) is 16.9 Å². The van der Waals surface area contributed by atoms with Crippen molar-refractivity contribution in [1.82, 2.24) is 0 Å². The van der Waals surface area contributed by atoms with Crippen LogP contribution in [0.1, 0.15) is 22.7 Å². The van der Waals surface area contributed by atoms with Crippen molar-refractivity contribution < 1.29 is 4.74 Å². The van der Waals surface area contributed by atoms with Gasteiger partial charge >= 0.3 is 0 Å². The van der Waals surface area contributed by atoms with Crippen LogP contribution in [0.3, 0.4) is 0 Å². The van der Waals surface area contributed by atoms with Crippen LogP contribution in [0.2, 0.25) is 0 Å². The highest BCUT2D eigenvalue weighted by Crippen LogP contribution is 2.37. The van der Waals surface area contributed by atoms with Gasteiger partial charge in [0.15, 0.2) is 0 Å². The largest absolute Gasteiger partial charge is 0.493 e. The fourth-order valence-corrected chi connectivity index (χ4v) is 3.22. The van der Waals surface area contributed by atoms with Crippen LogP contribution in [0, 0.1) is 0 Å². The Morgan fingerprint density at radius 3 is 2.74 bits per heavy atom. The summed E-state index contributed by atoms with van der Waals surface area (Å²) in [5, 5.41) is 0. The minimum absolute atomic E-state index is 0.128. The molecule has 98 valence electrons. The number of rotatable bonds is 3. The molecule has 0 aromatic heterocycles. The molecule has 1 aliphatic rings. The first-order valence-corrected chi connectivity index (χ1v) is 7.67. The number of hydrogen-bond acceptors (Lipinski definition) is 3. The summed E-state index contributed by atoms with van der Waals surface area (Å²) in [5.74, 6) is 0.992. The Morgan fingerprint density at radius 1 is 1.11 bits per heavy atom. The molecule has 2 aromatic rings. The predicted molar refractivity (Wildman–Crippen MR) is 79.9 cm³/mol. The summed E-state index contributed by atoms with van der Waals surface area (Å²) in [6.45, 7) is 0.767. The molecule has 0 fully saturated rings. The normalized spacial score (nSPS) is 14.8. The molecule has 3 rings (SSSR count). The second kappa shape index (κ2) is 5.27. The van der Waals surface area contributed by atoms with E-state index in [1.54, 1.807) is 11.8 Å². The Bertz CT molecular complexity index is 597. The number of nitrogens with two attached hydrogens (primary N) is 1. The smallest absolute Gasteiger partial charge is 0.127 e. The number of fused-ring (bicyclic) bond motifs is 1. The molecule has 1 unspecified atom stereocenters. The monoisotopic (exact) mass is 271 g/mol. The van der Waals surface area contributed by atoms with Crippen LogP contribution in [-0.2, 0) is 6.42 Å². The maximum absolute atomic E-state index is 6.47. The first kappa shape index (κ1) is 12.6. The molecule has 2 N–H and O–H groups in total. The van der Waals surface area contributed by atoms with Gasteiger partial charge in [-0.15, -0.1) is 11.8 Å². The number of para-hydroxylation sites is 1. The van der Waals surface area contributed by atoms with E-state index in [1.807, 2.05) is 12.1 Å². The molecule has 0 spiro atoms. The lowest BCUT2D eigenvalue weighted by Crippen LogP contribution is -2.13. The van der Waals surface area contributed by atoms with Crippen molar-refractivity contribution in [3.8, 4) is 5.75 Å². The maximum Gasteiger partial charge on any atom is 0.127 e. The van der Waals surface area contributed by atoms with E-state index in [9.17, 15) is 0 Å². The number of ether oxygens (including phenoxy) is 1. The summed E-state index contributed by atoms with van der Waals surface area (Å²) in [4.78, 5) is 1.23. The highest BCUT2D eigenvalue weighted by atomic mass is 32.2. The van der Waals surface area contributed by atoms with Gasteiger partial charge in [-0.25, -0.2) is 0 Å². The molecule has 1 heterocycles. The molecule has 2 aromatic carbocycles. The highest BCUT2D eigenvalue weighted by Gasteiger charge is 2.22. The summed E-state index contributed by atoms with van der Waals surface area (Å²) in [6, 6.07) is 14.5. The van der Waals surface area contributed by atoms with Gasteiger partial charge in [-0.2, -0.15) is 0 Å². The van der Waals surface area contributed by atoms with Crippen molar-refractivity contribution in [1.29, 1.82) is 0 Å². The van der Waals surface area contributed by atoms with E-state index >= 15 is 0 Å². The molecule has 1 atom stereocenters. The Labute approximate surface area is 118 Å². The second-order valence-electron chi connectivity index (χ2n) is 4.65. The molecule has 1 aliphatic heterocycles. The molecule has 0 saturated carbocycles. The SMILES string of the molecule is CSc1ccccc1C(N)c1cccc2c1OCC2. The van der Waals surface area contributed by atoms with E-state index in [-0.39, 0.29) is 6.04 Å². The molecule has 0 bridgehead atoms. The molecular weight excluding hydrogens is 254 g/mol. The lowest BCUT2D eigenvalue weighted by atomic mass is 9.96. The third kappa shape index (κ3) is 2.24. The first-order valence-electron chi connectivity index (χ1n) is 6.44. The fraction of sp³-hybridized carbons (Fsp3) is 0.250. The summed E-state index contributed by atoms with van der Waals surface area (Å²) in [6.07, 6.45) is 3.07. The zero-order valence-corrected chi connectivity index (χ0v) is 11.7. The third-order valence-electron chi connectivity index (χ3n) is 3.55. The van der Waals surface area contributed by atoms with Crippen molar-refractivity contribution in [2.24, 2.45) is 5.73 Å². The lowest BCUT2D eigenvalue weighted by Gasteiger charge is -2.18. The Kier molecular flexibility index (Phi) is 3.49. The van der Waals surface area contributed by atoms with Gasteiger partial charge in [0.1, 0.15) is 5.75 Å². The van der Waals surface area contributed by atoms with Crippen LogP contribution < -0.4 is 10.5 Å².